The lowest BCUT2D eigenvalue weighted by molar-refractivity contribution is -0.143. The molecule has 4 heteroatoms. The first-order chi connectivity index (χ1) is 5.75. The van der Waals surface area contributed by atoms with Gasteiger partial charge in [-0.2, -0.15) is 0 Å². The van der Waals surface area contributed by atoms with Crippen LogP contribution in [0.25, 0.3) is 0 Å². The van der Waals surface area contributed by atoms with E-state index in [9.17, 15) is 9.59 Å². The Morgan fingerprint density at radius 3 is 2.25 bits per heavy atom. The van der Waals surface area contributed by atoms with Crippen molar-refractivity contribution in [3.63, 3.8) is 0 Å². The number of hydrogen-bond acceptors (Lipinski definition) is 2. The Balaban J connectivity index is 2.45. The van der Waals surface area contributed by atoms with Gasteiger partial charge in [-0.3, -0.25) is 9.59 Å². The van der Waals surface area contributed by atoms with Crippen LogP contribution in [0.4, 0.5) is 0 Å². The normalized spacial score (nSPS) is 17.6. The number of Topliss-reactive ketones (excluding diaryl/α,β-unsaturated/α-hetero) is 1. The van der Waals surface area contributed by atoms with Gasteiger partial charge in [0.2, 0.25) is 5.78 Å². The molecule has 0 bridgehead atoms. The number of piperidine rings is 1. The Labute approximate surface area is 80.2 Å². The smallest absolute Gasteiger partial charge is 0.290 e. The molecule has 1 rings (SSSR count). The molecule has 0 aromatic heterocycles. The molecule has 0 atom stereocenters. The highest BCUT2D eigenvalue weighted by atomic mass is 79.9. The maximum Gasteiger partial charge on any atom is 0.290 e. The molecule has 0 aromatic carbocycles. The maximum atomic E-state index is 11.3. The average Bonchev–Trinajstić information content (AvgIpc) is 2.17. The van der Waals surface area contributed by atoms with E-state index in [0.29, 0.717) is 0 Å². The predicted octanol–water partition coefficient (Wildman–Crippen LogP) is 0.963. The van der Waals surface area contributed by atoms with Gasteiger partial charge in [0, 0.05) is 13.1 Å². The number of amides is 1. The molecule has 0 spiro atoms. The molecule has 1 saturated heterocycles. The summed E-state index contributed by atoms with van der Waals surface area (Å²) in [5.74, 6) is -0.663. The van der Waals surface area contributed by atoms with Gasteiger partial charge >= 0.3 is 0 Å². The molecule has 3 nitrogen and oxygen atoms in total. The van der Waals surface area contributed by atoms with Crippen molar-refractivity contribution in [2.45, 2.75) is 19.3 Å². The second-order valence-corrected chi connectivity index (χ2v) is 3.47. The zero-order valence-corrected chi connectivity index (χ0v) is 8.47. The van der Waals surface area contributed by atoms with Crippen LogP contribution < -0.4 is 0 Å². The van der Waals surface area contributed by atoms with Crippen LogP contribution in [-0.4, -0.2) is 35.0 Å². The van der Waals surface area contributed by atoms with Crippen molar-refractivity contribution in [1.29, 1.82) is 0 Å². The standard InChI is InChI=1S/C8H12BrNO2/c9-6-7(11)8(12)10-4-2-1-3-5-10/h1-6H2. The molecular formula is C8H12BrNO2. The van der Waals surface area contributed by atoms with Crippen LogP contribution in [0.3, 0.4) is 0 Å². The van der Waals surface area contributed by atoms with Crippen molar-refractivity contribution in [2.24, 2.45) is 0 Å². The molecule has 0 radical (unpaired) electrons. The maximum absolute atomic E-state index is 11.3. The molecular weight excluding hydrogens is 222 g/mol. The quantitative estimate of drug-likeness (QED) is 0.527. The summed E-state index contributed by atoms with van der Waals surface area (Å²) in [5.41, 5.74) is 0. The Morgan fingerprint density at radius 1 is 1.17 bits per heavy atom. The summed E-state index contributed by atoms with van der Waals surface area (Å²) in [4.78, 5) is 23.9. The molecule has 0 N–H and O–H groups in total. The van der Waals surface area contributed by atoms with Crippen LogP contribution in [0, 0.1) is 0 Å². The molecule has 1 aliphatic rings. The number of halogens is 1. The number of ketones is 1. The largest absolute Gasteiger partial charge is 0.336 e. The zero-order chi connectivity index (χ0) is 8.97. The van der Waals surface area contributed by atoms with E-state index in [1.54, 1.807) is 4.90 Å². The summed E-state index contributed by atoms with van der Waals surface area (Å²) in [6.45, 7) is 1.50. The van der Waals surface area contributed by atoms with E-state index in [0.717, 1.165) is 25.9 Å². The lowest BCUT2D eigenvalue weighted by atomic mass is 10.1. The van der Waals surface area contributed by atoms with Gasteiger partial charge in [0.1, 0.15) is 0 Å². The number of hydrogen-bond donors (Lipinski definition) is 0. The van der Waals surface area contributed by atoms with Gasteiger partial charge in [0.15, 0.2) is 0 Å². The summed E-state index contributed by atoms with van der Waals surface area (Å²) in [6, 6.07) is 0. The highest BCUT2D eigenvalue weighted by Crippen LogP contribution is 2.09. The van der Waals surface area contributed by atoms with Gasteiger partial charge in [-0.15, -0.1) is 0 Å². The van der Waals surface area contributed by atoms with Crippen LogP contribution in [0.1, 0.15) is 19.3 Å². The SMILES string of the molecule is O=C(CBr)C(=O)N1CCCCC1. The van der Waals surface area contributed by atoms with Crippen molar-refractivity contribution in [3.8, 4) is 0 Å². The Kier molecular flexibility index (Phi) is 3.72. The third-order valence-electron chi connectivity index (χ3n) is 2.00. The molecule has 12 heavy (non-hydrogen) atoms. The van der Waals surface area contributed by atoms with Gasteiger partial charge in [-0.25, -0.2) is 0 Å². The first-order valence-corrected chi connectivity index (χ1v) is 5.26. The second kappa shape index (κ2) is 4.60. The van der Waals surface area contributed by atoms with E-state index >= 15 is 0 Å². The fourth-order valence-corrected chi connectivity index (χ4v) is 1.57. The molecule has 1 amide bonds. The molecule has 1 aliphatic heterocycles. The van der Waals surface area contributed by atoms with Crippen molar-refractivity contribution < 1.29 is 9.59 Å². The third kappa shape index (κ3) is 2.30. The van der Waals surface area contributed by atoms with E-state index in [4.69, 9.17) is 0 Å². The van der Waals surface area contributed by atoms with Crippen molar-refractivity contribution in [1.82, 2.24) is 4.90 Å². The fraction of sp³-hybridized carbons (Fsp3) is 0.750. The van der Waals surface area contributed by atoms with Crippen molar-refractivity contribution in [2.75, 3.05) is 18.4 Å². The minimum Gasteiger partial charge on any atom is -0.336 e. The molecule has 68 valence electrons. The first kappa shape index (κ1) is 9.71. The Morgan fingerprint density at radius 2 is 1.75 bits per heavy atom. The summed E-state index contributed by atoms with van der Waals surface area (Å²) in [6.07, 6.45) is 3.23. The molecule has 0 aliphatic carbocycles. The Bertz CT molecular complexity index is 187. The number of nitrogens with zero attached hydrogens (tertiary/aromatic N) is 1. The lowest BCUT2D eigenvalue weighted by Gasteiger charge is -2.25. The van der Waals surface area contributed by atoms with Crippen molar-refractivity contribution in [3.05, 3.63) is 0 Å². The third-order valence-corrected chi connectivity index (χ3v) is 2.51. The van der Waals surface area contributed by atoms with Gasteiger partial charge in [-0.1, -0.05) is 15.9 Å². The lowest BCUT2D eigenvalue weighted by Crippen LogP contribution is -2.40. The summed E-state index contributed by atoms with van der Waals surface area (Å²) in [7, 11) is 0. The van der Waals surface area contributed by atoms with Gasteiger partial charge in [-0.05, 0) is 19.3 Å². The number of carbonyl (C=O) groups is 2. The highest BCUT2D eigenvalue weighted by molar-refractivity contribution is 9.09. The molecule has 1 fully saturated rings. The van der Waals surface area contributed by atoms with Gasteiger partial charge in [0.05, 0.1) is 5.33 Å². The predicted molar refractivity (Wildman–Crippen MR) is 49.2 cm³/mol. The topological polar surface area (TPSA) is 37.4 Å². The van der Waals surface area contributed by atoms with E-state index in [2.05, 4.69) is 15.9 Å². The Hall–Kier alpha value is -0.380. The van der Waals surface area contributed by atoms with E-state index in [-0.39, 0.29) is 17.0 Å². The fourth-order valence-electron chi connectivity index (χ4n) is 1.33. The number of alkyl halides is 1. The minimum absolute atomic E-state index is 0.141. The number of rotatable bonds is 2. The van der Waals surface area contributed by atoms with Gasteiger partial charge < -0.3 is 4.90 Å². The summed E-state index contributed by atoms with van der Waals surface area (Å²) in [5, 5.41) is 0.141. The molecule has 0 unspecified atom stereocenters. The summed E-state index contributed by atoms with van der Waals surface area (Å²) < 4.78 is 0. The molecule has 1 heterocycles. The van der Waals surface area contributed by atoms with Crippen LogP contribution in [0.15, 0.2) is 0 Å². The van der Waals surface area contributed by atoms with Gasteiger partial charge in [0.25, 0.3) is 5.91 Å². The van der Waals surface area contributed by atoms with Crippen molar-refractivity contribution >= 4 is 27.6 Å². The first-order valence-electron chi connectivity index (χ1n) is 4.14. The van der Waals surface area contributed by atoms with Crippen LogP contribution in [0.5, 0.6) is 0 Å². The van der Waals surface area contributed by atoms with Crippen LogP contribution >= 0.6 is 15.9 Å². The monoisotopic (exact) mass is 233 g/mol. The van der Waals surface area contributed by atoms with Crippen LogP contribution in [0.2, 0.25) is 0 Å². The number of carbonyl (C=O) groups excluding carboxylic acids is 2. The van der Waals surface area contributed by atoms with E-state index in [1.165, 1.54) is 6.42 Å². The zero-order valence-electron chi connectivity index (χ0n) is 6.88. The van der Waals surface area contributed by atoms with Crippen LogP contribution in [-0.2, 0) is 9.59 Å². The molecule has 0 aromatic rings. The highest BCUT2D eigenvalue weighted by Gasteiger charge is 2.21. The molecule has 0 saturated carbocycles. The summed E-state index contributed by atoms with van der Waals surface area (Å²) >= 11 is 2.98. The second-order valence-electron chi connectivity index (χ2n) is 2.91. The van der Waals surface area contributed by atoms with E-state index < -0.39 is 0 Å². The number of likely N-dealkylation sites (tertiary alicyclic amines) is 1. The van der Waals surface area contributed by atoms with E-state index in [1.807, 2.05) is 0 Å². The minimum atomic E-state index is -0.336. The average molecular weight is 234 g/mol.